The van der Waals surface area contributed by atoms with Gasteiger partial charge in [-0.2, -0.15) is 0 Å². The van der Waals surface area contributed by atoms with E-state index < -0.39 is 11.8 Å². The number of carbonyl (C=O) groups is 3. The summed E-state index contributed by atoms with van der Waals surface area (Å²) in [5, 5.41) is 27.9. The molecule has 0 unspecified atom stereocenters. The van der Waals surface area contributed by atoms with Crippen LogP contribution in [-0.2, 0) is 16.1 Å². The molecule has 2 N–H and O–H groups in total. The van der Waals surface area contributed by atoms with E-state index in [9.17, 15) is 24.6 Å². The van der Waals surface area contributed by atoms with Gasteiger partial charge in [0.2, 0.25) is 17.7 Å². The second kappa shape index (κ2) is 8.68. The number of aromatic hydroxyl groups is 2. The molecule has 1 fully saturated rings. The molecule has 1 aliphatic heterocycles. The number of allylic oxidation sites excluding steroid dienone is 1. The van der Waals surface area contributed by atoms with E-state index in [2.05, 4.69) is 16.8 Å². The lowest BCUT2D eigenvalue weighted by Gasteiger charge is -2.17. The first-order valence-electron chi connectivity index (χ1n) is 9.34. The molecule has 0 atom stereocenters. The van der Waals surface area contributed by atoms with E-state index in [1.807, 2.05) is 0 Å². The molecule has 2 aromatic rings. The smallest absolute Gasteiger partial charge is 0.295 e. The van der Waals surface area contributed by atoms with Crippen molar-refractivity contribution in [3.63, 3.8) is 0 Å². The standard InChI is InChI=1S/C20H22N4O5/c1-2-9-24-19(28)14-8-7-13(11-15(14)20(24)29)18(27)22-21-16(25)12-23-10-5-3-4-6-17(23)26/h2,7-8,11,28-29H,1,3-6,9-10,12H2. The Morgan fingerprint density at radius 3 is 2.62 bits per heavy atom. The van der Waals surface area contributed by atoms with Gasteiger partial charge in [0, 0.05) is 35.8 Å². The minimum Gasteiger partial charge on any atom is -0.494 e. The molecule has 152 valence electrons. The van der Waals surface area contributed by atoms with E-state index in [0.29, 0.717) is 18.4 Å². The van der Waals surface area contributed by atoms with Gasteiger partial charge in [-0.05, 0) is 31.0 Å². The van der Waals surface area contributed by atoms with Crippen LogP contribution in [0.3, 0.4) is 0 Å². The number of hydrogen-bond acceptors (Lipinski definition) is 5. The fraction of sp³-hybridized carbons (Fsp3) is 0.350. The molecule has 29 heavy (non-hydrogen) atoms. The molecule has 1 aromatic heterocycles. The molecule has 1 saturated heterocycles. The van der Waals surface area contributed by atoms with Crippen LogP contribution in [-0.4, -0.2) is 50.5 Å². The van der Waals surface area contributed by atoms with E-state index in [1.165, 1.54) is 33.7 Å². The van der Waals surface area contributed by atoms with Crippen LogP contribution in [0.1, 0.15) is 36.0 Å². The van der Waals surface area contributed by atoms with Gasteiger partial charge in [-0.15, -0.1) is 16.8 Å². The van der Waals surface area contributed by atoms with E-state index in [0.717, 1.165) is 19.3 Å². The third kappa shape index (κ3) is 4.34. The number of hydrogen-bond donors (Lipinski definition) is 2. The summed E-state index contributed by atoms with van der Waals surface area (Å²) in [6.07, 6.45) is 4.50. The van der Waals surface area contributed by atoms with Crippen LogP contribution in [0, 0.1) is 0 Å². The summed E-state index contributed by atoms with van der Waals surface area (Å²) in [5.41, 5.74) is 0.103. The molecule has 0 bridgehead atoms. The topological polar surface area (TPSA) is 125 Å². The molecule has 0 aliphatic carbocycles. The fourth-order valence-electron chi connectivity index (χ4n) is 3.31. The average Bonchev–Trinajstić information content (AvgIpc) is 2.84. The second-order valence-corrected chi connectivity index (χ2v) is 6.83. The van der Waals surface area contributed by atoms with Gasteiger partial charge in [0.15, 0.2) is 0 Å². The predicted molar refractivity (Wildman–Crippen MR) is 105 cm³/mol. The lowest BCUT2D eigenvalue weighted by atomic mass is 10.1. The first-order chi connectivity index (χ1) is 13.9. The normalized spacial score (nSPS) is 15.0. The number of nitrogens with zero attached hydrogens (tertiary/aromatic N) is 4. The maximum atomic E-state index is 12.3. The van der Waals surface area contributed by atoms with Gasteiger partial charge < -0.3 is 15.1 Å². The molecular formula is C20H22N4O5. The lowest BCUT2D eigenvalue weighted by molar-refractivity contribution is -0.134. The molecule has 9 heteroatoms. The Bertz CT molecular complexity index is 1010. The first-order valence-corrected chi connectivity index (χ1v) is 9.34. The Morgan fingerprint density at radius 2 is 1.86 bits per heavy atom. The van der Waals surface area contributed by atoms with Crippen LogP contribution in [0.4, 0.5) is 0 Å². The van der Waals surface area contributed by atoms with E-state index in [1.54, 1.807) is 0 Å². The number of benzene rings is 1. The van der Waals surface area contributed by atoms with Crippen molar-refractivity contribution in [1.82, 2.24) is 9.47 Å². The highest BCUT2D eigenvalue weighted by atomic mass is 16.3. The van der Waals surface area contributed by atoms with Crippen molar-refractivity contribution in [2.24, 2.45) is 10.2 Å². The highest BCUT2D eigenvalue weighted by molar-refractivity contribution is 6.02. The number of likely N-dealkylation sites (tertiary alicyclic amines) is 1. The Hall–Kier alpha value is -3.49. The Balaban J connectivity index is 1.73. The summed E-state index contributed by atoms with van der Waals surface area (Å²) >= 11 is 0. The van der Waals surface area contributed by atoms with Gasteiger partial charge in [0.1, 0.15) is 6.54 Å². The summed E-state index contributed by atoms with van der Waals surface area (Å²) in [6.45, 7) is 4.05. The van der Waals surface area contributed by atoms with Gasteiger partial charge in [0.25, 0.3) is 11.8 Å². The molecule has 0 radical (unpaired) electrons. The number of amides is 3. The van der Waals surface area contributed by atoms with Crippen LogP contribution in [0.5, 0.6) is 11.8 Å². The minimum atomic E-state index is -0.766. The van der Waals surface area contributed by atoms with Crippen LogP contribution in [0.25, 0.3) is 10.8 Å². The van der Waals surface area contributed by atoms with Crippen molar-refractivity contribution in [3.05, 3.63) is 36.4 Å². The molecular weight excluding hydrogens is 376 g/mol. The second-order valence-electron chi connectivity index (χ2n) is 6.83. The SMILES string of the molecule is C=CCn1c(O)c2ccc(C(=O)N=NC(=O)CN3CCCCCC3=O)cc2c1O. The fourth-order valence-corrected chi connectivity index (χ4v) is 3.31. The molecule has 3 rings (SSSR count). The molecule has 2 heterocycles. The number of fused-ring (bicyclic) bond motifs is 1. The maximum absolute atomic E-state index is 12.3. The zero-order valence-corrected chi connectivity index (χ0v) is 15.9. The maximum Gasteiger partial charge on any atom is 0.295 e. The van der Waals surface area contributed by atoms with E-state index in [-0.39, 0.29) is 41.7 Å². The van der Waals surface area contributed by atoms with Gasteiger partial charge in [-0.25, -0.2) is 0 Å². The molecule has 1 aromatic carbocycles. The van der Waals surface area contributed by atoms with Crippen molar-refractivity contribution in [1.29, 1.82) is 0 Å². The van der Waals surface area contributed by atoms with Crippen LogP contribution < -0.4 is 0 Å². The molecule has 3 amide bonds. The number of carbonyl (C=O) groups excluding carboxylic acids is 3. The molecule has 9 nitrogen and oxygen atoms in total. The first kappa shape index (κ1) is 20.2. The highest BCUT2D eigenvalue weighted by Gasteiger charge is 2.20. The monoisotopic (exact) mass is 398 g/mol. The number of aromatic nitrogens is 1. The van der Waals surface area contributed by atoms with Crippen molar-refractivity contribution in [3.8, 4) is 11.8 Å². The van der Waals surface area contributed by atoms with Crippen LogP contribution in [0.2, 0.25) is 0 Å². The Morgan fingerprint density at radius 1 is 1.10 bits per heavy atom. The van der Waals surface area contributed by atoms with Crippen molar-refractivity contribution < 1.29 is 24.6 Å². The van der Waals surface area contributed by atoms with Gasteiger partial charge in [-0.3, -0.25) is 19.0 Å². The van der Waals surface area contributed by atoms with E-state index >= 15 is 0 Å². The Labute approximate surface area is 166 Å². The third-order valence-corrected chi connectivity index (χ3v) is 4.82. The van der Waals surface area contributed by atoms with Gasteiger partial charge >= 0.3 is 0 Å². The zero-order chi connectivity index (χ0) is 21.0. The molecule has 0 saturated carbocycles. The van der Waals surface area contributed by atoms with E-state index in [4.69, 9.17) is 0 Å². The van der Waals surface area contributed by atoms with Gasteiger partial charge in [-0.1, -0.05) is 12.5 Å². The summed E-state index contributed by atoms with van der Waals surface area (Å²) < 4.78 is 1.25. The summed E-state index contributed by atoms with van der Waals surface area (Å²) in [4.78, 5) is 37.6. The number of rotatable bonds is 5. The Kier molecular flexibility index (Phi) is 6.06. The summed E-state index contributed by atoms with van der Waals surface area (Å²) in [6, 6.07) is 4.27. The van der Waals surface area contributed by atoms with Crippen LogP contribution in [0.15, 0.2) is 41.1 Å². The minimum absolute atomic E-state index is 0.0952. The third-order valence-electron chi connectivity index (χ3n) is 4.82. The van der Waals surface area contributed by atoms with Crippen LogP contribution >= 0.6 is 0 Å². The van der Waals surface area contributed by atoms with Gasteiger partial charge in [0.05, 0.1) is 0 Å². The summed E-state index contributed by atoms with van der Waals surface area (Å²) in [7, 11) is 0. The lowest BCUT2D eigenvalue weighted by Crippen LogP contribution is -2.34. The number of azo groups is 1. The zero-order valence-electron chi connectivity index (χ0n) is 15.9. The van der Waals surface area contributed by atoms with Crippen molar-refractivity contribution in [2.45, 2.75) is 32.2 Å². The largest absolute Gasteiger partial charge is 0.494 e. The summed E-state index contributed by atoms with van der Waals surface area (Å²) in [5.74, 6) is -1.89. The molecule has 1 aliphatic rings. The van der Waals surface area contributed by atoms with Crippen molar-refractivity contribution >= 4 is 28.5 Å². The quantitative estimate of drug-likeness (QED) is 0.592. The molecule has 0 spiro atoms. The predicted octanol–water partition coefficient (Wildman–Crippen LogP) is 2.76. The van der Waals surface area contributed by atoms with Crippen molar-refractivity contribution in [2.75, 3.05) is 13.1 Å². The highest BCUT2D eigenvalue weighted by Crippen LogP contribution is 2.36. The average molecular weight is 398 g/mol.